The van der Waals surface area contributed by atoms with Crippen molar-refractivity contribution in [1.29, 1.82) is 0 Å². The Labute approximate surface area is 169 Å². The largest absolute Gasteiger partial charge is 0.369 e. The molecule has 1 aromatic carbocycles. The number of aromatic nitrogens is 1. The van der Waals surface area contributed by atoms with Crippen molar-refractivity contribution in [2.45, 2.75) is 25.3 Å². The smallest absolute Gasteiger partial charge is 0.242 e. The number of rotatable bonds is 5. The first-order valence-corrected chi connectivity index (χ1v) is 9.92. The van der Waals surface area contributed by atoms with Crippen LogP contribution in [0.15, 0.2) is 48.8 Å². The van der Waals surface area contributed by atoms with E-state index in [9.17, 15) is 9.59 Å². The molecule has 7 heteroatoms. The van der Waals surface area contributed by atoms with Crippen molar-refractivity contribution in [3.63, 3.8) is 0 Å². The highest BCUT2D eigenvalue weighted by atomic mass is 35.5. The van der Waals surface area contributed by atoms with E-state index in [0.29, 0.717) is 37.5 Å². The van der Waals surface area contributed by atoms with Gasteiger partial charge in [0.25, 0.3) is 0 Å². The SMILES string of the molecule is O=C1NCCCC1NC(=O)C1(Cc2ccc(Cl)cc2)CN(c2ccncc2)C1. The fourth-order valence-electron chi connectivity index (χ4n) is 3.97. The maximum atomic E-state index is 13.3. The van der Waals surface area contributed by atoms with Crippen LogP contribution in [0, 0.1) is 5.41 Å². The quantitative estimate of drug-likeness (QED) is 0.809. The molecule has 2 saturated heterocycles. The molecule has 0 saturated carbocycles. The molecular formula is C21H23ClN4O2. The molecule has 1 aromatic heterocycles. The van der Waals surface area contributed by atoms with Gasteiger partial charge in [-0.1, -0.05) is 23.7 Å². The van der Waals surface area contributed by atoms with Gasteiger partial charge < -0.3 is 15.5 Å². The number of amides is 2. The van der Waals surface area contributed by atoms with Gasteiger partial charge in [-0.05, 0) is 49.1 Å². The van der Waals surface area contributed by atoms with E-state index < -0.39 is 11.5 Å². The zero-order valence-electron chi connectivity index (χ0n) is 15.5. The number of pyridine rings is 1. The number of nitrogens with zero attached hydrogens (tertiary/aromatic N) is 2. The highest BCUT2D eigenvalue weighted by Crippen LogP contribution is 2.38. The second-order valence-electron chi connectivity index (χ2n) is 7.60. The van der Waals surface area contributed by atoms with Gasteiger partial charge in [0.15, 0.2) is 0 Å². The van der Waals surface area contributed by atoms with Gasteiger partial charge >= 0.3 is 0 Å². The van der Waals surface area contributed by atoms with Gasteiger partial charge in [-0.25, -0.2) is 0 Å². The van der Waals surface area contributed by atoms with Gasteiger partial charge in [0.1, 0.15) is 6.04 Å². The molecule has 0 radical (unpaired) electrons. The zero-order valence-corrected chi connectivity index (χ0v) is 16.3. The van der Waals surface area contributed by atoms with Crippen LogP contribution in [0.25, 0.3) is 0 Å². The second-order valence-corrected chi connectivity index (χ2v) is 8.04. The number of anilines is 1. The number of carbonyl (C=O) groups excluding carboxylic acids is 2. The highest BCUT2D eigenvalue weighted by molar-refractivity contribution is 6.30. The van der Waals surface area contributed by atoms with Gasteiger partial charge in [-0.2, -0.15) is 0 Å². The summed E-state index contributed by atoms with van der Waals surface area (Å²) in [5.74, 6) is -0.152. The summed E-state index contributed by atoms with van der Waals surface area (Å²) in [6, 6.07) is 11.0. The molecule has 2 aliphatic rings. The monoisotopic (exact) mass is 398 g/mol. The second kappa shape index (κ2) is 7.80. The first kappa shape index (κ1) is 18.7. The van der Waals surface area contributed by atoms with Crippen LogP contribution < -0.4 is 15.5 Å². The minimum absolute atomic E-state index is 0.0604. The molecule has 2 fully saturated rings. The predicted molar refractivity (Wildman–Crippen MR) is 108 cm³/mol. The first-order chi connectivity index (χ1) is 13.6. The lowest BCUT2D eigenvalue weighted by atomic mass is 9.73. The summed E-state index contributed by atoms with van der Waals surface area (Å²) in [4.78, 5) is 31.6. The normalized spacial score (nSPS) is 20.8. The van der Waals surface area contributed by atoms with Crippen LogP contribution in [0.4, 0.5) is 5.69 Å². The lowest BCUT2D eigenvalue weighted by Crippen LogP contribution is -2.66. The number of hydrogen-bond acceptors (Lipinski definition) is 4. The van der Waals surface area contributed by atoms with E-state index >= 15 is 0 Å². The maximum Gasteiger partial charge on any atom is 0.242 e. The van der Waals surface area contributed by atoms with Gasteiger partial charge in [-0.3, -0.25) is 14.6 Å². The highest BCUT2D eigenvalue weighted by Gasteiger charge is 2.50. The lowest BCUT2D eigenvalue weighted by Gasteiger charge is -2.50. The summed E-state index contributed by atoms with van der Waals surface area (Å²) in [7, 11) is 0. The number of nitrogens with one attached hydrogen (secondary N) is 2. The third-order valence-corrected chi connectivity index (χ3v) is 5.79. The molecule has 0 spiro atoms. The average Bonchev–Trinajstić information content (AvgIpc) is 2.68. The van der Waals surface area contributed by atoms with Crippen molar-refractivity contribution in [2.24, 2.45) is 5.41 Å². The van der Waals surface area contributed by atoms with Crippen molar-refractivity contribution in [3.8, 4) is 0 Å². The molecule has 2 aliphatic heterocycles. The average molecular weight is 399 g/mol. The Morgan fingerprint density at radius 3 is 2.61 bits per heavy atom. The third-order valence-electron chi connectivity index (χ3n) is 5.54. The summed E-state index contributed by atoms with van der Waals surface area (Å²) in [5.41, 5.74) is 1.53. The van der Waals surface area contributed by atoms with Crippen LogP contribution >= 0.6 is 11.6 Å². The van der Waals surface area contributed by atoms with Gasteiger partial charge in [0.2, 0.25) is 11.8 Å². The third kappa shape index (κ3) is 3.83. The topological polar surface area (TPSA) is 74.3 Å². The number of piperidine rings is 1. The molecule has 1 unspecified atom stereocenters. The predicted octanol–water partition coefficient (Wildman–Crippen LogP) is 2.18. The Morgan fingerprint density at radius 1 is 1.21 bits per heavy atom. The Balaban J connectivity index is 1.52. The van der Waals surface area contributed by atoms with Crippen molar-refractivity contribution in [2.75, 3.05) is 24.5 Å². The Kier molecular flexibility index (Phi) is 5.22. The molecule has 2 N–H and O–H groups in total. The molecule has 2 amide bonds. The van der Waals surface area contributed by atoms with Crippen molar-refractivity contribution in [1.82, 2.24) is 15.6 Å². The van der Waals surface area contributed by atoms with Crippen LogP contribution in [0.1, 0.15) is 18.4 Å². The Morgan fingerprint density at radius 2 is 1.93 bits per heavy atom. The van der Waals surface area contributed by atoms with E-state index in [2.05, 4.69) is 20.5 Å². The van der Waals surface area contributed by atoms with Crippen molar-refractivity contribution >= 4 is 29.1 Å². The summed E-state index contributed by atoms with van der Waals surface area (Å²) in [5, 5.41) is 6.50. The van der Waals surface area contributed by atoms with Gasteiger partial charge in [0, 0.05) is 42.7 Å². The molecular weight excluding hydrogens is 376 g/mol. The molecule has 3 heterocycles. The Bertz CT molecular complexity index is 850. The van der Waals surface area contributed by atoms with Crippen LogP contribution in [-0.4, -0.2) is 42.5 Å². The van der Waals surface area contributed by atoms with Crippen LogP contribution in [0.2, 0.25) is 5.02 Å². The fourth-order valence-corrected chi connectivity index (χ4v) is 4.10. The van der Waals surface area contributed by atoms with Crippen LogP contribution in [0.5, 0.6) is 0 Å². The maximum absolute atomic E-state index is 13.3. The van der Waals surface area contributed by atoms with E-state index in [1.165, 1.54) is 0 Å². The van der Waals surface area contributed by atoms with E-state index in [4.69, 9.17) is 11.6 Å². The van der Waals surface area contributed by atoms with Crippen LogP contribution in [-0.2, 0) is 16.0 Å². The van der Waals surface area contributed by atoms with E-state index in [1.54, 1.807) is 12.4 Å². The fraction of sp³-hybridized carbons (Fsp3) is 0.381. The number of benzene rings is 1. The number of hydrogen-bond donors (Lipinski definition) is 2. The molecule has 28 heavy (non-hydrogen) atoms. The molecule has 1 atom stereocenters. The summed E-state index contributed by atoms with van der Waals surface area (Å²) in [6.07, 6.45) is 5.67. The Hall–Kier alpha value is -2.60. The summed E-state index contributed by atoms with van der Waals surface area (Å²) < 4.78 is 0. The van der Waals surface area contributed by atoms with E-state index in [0.717, 1.165) is 17.7 Å². The van der Waals surface area contributed by atoms with Gasteiger partial charge in [-0.15, -0.1) is 0 Å². The van der Waals surface area contributed by atoms with Crippen molar-refractivity contribution < 1.29 is 9.59 Å². The lowest BCUT2D eigenvalue weighted by molar-refractivity contribution is -0.137. The van der Waals surface area contributed by atoms with Crippen molar-refractivity contribution in [3.05, 3.63) is 59.4 Å². The molecule has 6 nitrogen and oxygen atoms in total. The minimum atomic E-state index is -0.575. The number of halogens is 1. The molecule has 2 aromatic rings. The number of carbonyl (C=O) groups is 2. The van der Waals surface area contributed by atoms with Gasteiger partial charge in [0.05, 0.1) is 5.41 Å². The molecule has 146 valence electrons. The van der Waals surface area contributed by atoms with Crippen LogP contribution in [0.3, 0.4) is 0 Å². The summed E-state index contributed by atoms with van der Waals surface area (Å²) >= 11 is 6.00. The van der Waals surface area contributed by atoms with E-state index in [1.807, 2.05) is 36.4 Å². The molecule has 4 rings (SSSR count). The summed E-state index contributed by atoms with van der Waals surface area (Å²) in [6.45, 7) is 1.87. The zero-order chi connectivity index (χ0) is 19.6. The minimum Gasteiger partial charge on any atom is -0.369 e. The first-order valence-electron chi connectivity index (χ1n) is 9.54. The molecule has 0 aliphatic carbocycles. The standard InChI is InChI=1S/C21H23ClN4O2/c22-16-5-3-15(4-6-16)12-21(13-26(14-21)17-7-10-23-11-8-17)20(28)25-18-2-1-9-24-19(18)27/h3-8,10-11,18H,1-2,9,12-14H2,(H,24,27)(H,25,28). The molecule has 0 bridgehead atoms. The van der Waals surface area contributed by atoms with E-state index in [-0.39, 0.29) is 11.8 Å².